The van der Waals surface area contributed by atoms with Gasteiger partial charge in [-0.2, -0.15) is 4.31 Å². The number of methoxy groups -OCH3 is 3. The number of nitro benzene ring substituents is 1. The van der Waals surface area contributed by atoms with Crippen LogP contribution in [0.3, 0.4) is 0 Å². The van der Waals surface area contributed by atoms with E-state index in [-0.39, 0.29) is 28.7 Å². The number of nitro groups is 1. The van der Waals surface area contributed by atoms with Gasteiger partial charge in [0.25, 0.3) is 5.69 Å². The summed E-state index contributed by atoms with van der Waals surface area (Å²) in [6, 6.07) is 7.57. The van der Waals surface area contributed by atoms with Crippen LogP contribution >= 0.6 is 0 Å². The summed E-state index contributed by atoms with van der Waals surface area (Å²) in [6.45, 7) is 3.09. The average Bonchev–Trinajstić information content (AvgIpc) is 2.83. The molecule has 0 N–H and O–H groups in total. The molecule has 186 valence electrons. The van der Waals surface area contributed by atoms with Crippen LogP contribution in [0.4, 0.5) is 11.4 Å². The number of ether oxygens (including phenoxy) is 3. The van der Waals surface area contributed by atoms with Gasteiger partial charge < -0.3 is 19.1 Å². The van der Waals surface area contributed by atoms with Gasteiger partial charge in [0.15, 0.2) is 11.5 Å². The molecule has 1 aliphatic rings. The number of piperidine rings is 1. The number of rotatable bonds is 9. The summed E-state index contributed by atoms with van der Waals surface area (Å²) in [5.74, 6) is 1.62. The van der Waals surface area contributed by atoms with Gasteiger partial charge in [0.2, 0.25) is 15.8 Å². The fourth-order valence-electron chi connectivity index (χ4n) is 4.27. The second kappa shape index (κ2) is 10.5. The lowest BCUT2D eigenvalue weighted by Crippen LogP contribution is -2.39. The third-order valence-electron chi connectivity index (χ3n) is 6.01. The van der Waals surface area contributed by atoms with Crippen molar-refractivity contribution >= 4 is 21.4 Å². The molecule has 1 unspecified atom stereocenters. The predicted molar refractivity (Wildman–Crippen MR) is 128 cm³/mol. The number of anilines is 1. The Hall–Kier alpha value is -3.05. The van der Waals surface area contributed by atoms with Gasteiger partial charge in [-0.1, -0.05) is 6.92 Å². The molecule has 0 bridgehead atoms. The maximum absolute atomic E-state index is 13.1. The first-order valence-electron chi connectivity index (χ1n) is 10.9. The van der Waals surface area contributed by atoms with Crippen LogP contribution in [-0.4, -0.2) is 59.1 Å². The van der Waals surface area contributed by atoms with Gasteiger partial charge in [0, 0.05) is 38.3 Å². The molecule has 3 rings (SSSR count). The Labute approximate surface area is 200 Å². The van der Waals surface area contributed by atoms with E-state index in [0.29, 0.717) is 30.3 Å². The summed E-state index contributed by atoms with van der Waals surface area (Å²) in [7, 11) is 2.40. The van der Waals surface area contributed by atoms with Crippen molar-refractivity contribution in [1.82, 2.24) is 4.31 Å². The standard InChI is InChI=1S/C23H31N3O7S/c1-16-7-6-12-25(14-16)34(29,30)18-9-10-19(20(13-18)26(27)28)24(2)15-17-8-11-21(31-3)23(33-5)22(17)32-4/h8-11,13,16H,6-7,12,14-15H2,1-5H3. The average molecular weight is 494 g/mol. The molecule has 1 saturated heterocycles. The second-order valence-electron chi connectivity index (χ2n) is 8.37. The molecule has 2 aromatic carbocycles. The maximum Gasteiger partial charge on any atom is 0.293 e. The van der Waals surface area contributed by atoms with Crippen LogP contribution in [0.5, 0.6) is 17.2 Å². The lowest BCUT2D eigenvalue weighted by Gasteiger charge is -2.30. The molecule has 10 nitrogen and oxygen atoms in total. The fourth-order valence-corrected chi connectivity index (χ4v) is 5.89. The molecule has 0 aromatic heterocycles. The Bertz CT molecular complexity index is 1150. The summed E-state index contributed by atoms with van der Waals surface area (Å²) >= 11 is 0. The second-order valence-corrected chi connectivity index (χ2v) is 10.3. The van der Waals surface area contributed by atoms with E-state index in [1.807, 2.05) is 6.92 Å². The summed E-state index contributed by atoms with van der Waals surface area (Å²) in [6.07, 6.45) is 1.74. The Kier molecular flexibility index (Phi) is 7.88. The van der Waals surface area contributed by atoms with Gasteiger partial charge in [-0.05, 0) is 43.0 Å². The zero-order chi connectivity index (χ0) is 25.0. The highest BCUT2D eigenvalue weighted by Gasteiger charge is 2.31. The van der Waals surface area contributed by atoms with Crippen LogP contribution in [-0.2, 0) is 16.6 Å². The van der Waals surface area contributed by atoms with E-state index in [1.54, 1.807) is 24.1 Å². The van der Waals surface area contributed by atoms with Crippen LogP contribution in [0.15, 0.2) is 35.2 Å². The van der Waals surface area contributed by atoms with Crippen molar-refractivity contribution in [2.24, 2.45) is 5.92 Å². The Morgan fingerprint density at radius 2 is 1.82 bits per heavy atom. The molecule has 0 radical (unpaired) electrons. The quantitative estimate of drug-likeness (QED) is 0.384. The van der Waals surface area contributed by atoms with Crippen molar-refractivity contribution in [2.75, 3.05) is 46.4 Å². The van der Waals surface area contributed by atoms with Crippen LogP contribution in [0.1, 0.15) is 25.3 Å². The zero-order valence-corrected chi connectivity index (χ0v) is 20.9. The Balaban J connectivity index is 1.96. The van der Waals surface area contributed by atoms with E-state index in [4.69, 9.17) is 14.2 Å². The molecule has 34 heavy (non-hydrogen) atoms. The van der Waals surface area contributed by atoms with Gasteiger partial charge in [0.05, 0.1) is 31.1 Å². The number of hydrogen-bond acceptors (Lipinski definition) is 8. The minimum absolute atomic E-state index is 0.0749. The highest BCUT2D eigenvalue weighted by Crippen LogP contribution is 2.41. The van der Waals surface area contributed by atoms with Crippen molar-refractivity contribution in [3.63, 3.8) is 0 Å². The molecule has 1 aliphatic heterocycles. The van der Waals surface area contributed by atoms with Crippen LogP contribution in [0.2, 0.25) is 0 Å². The van der Waals surface area contributed by atoms with E-state index in [2.05, 4.69) is 0 Å². The molecule has 1 atom stereocenters. The number of hydrogen-bond donors (Lipinski definition) is 0. The molecule has 0 aliphatic carbocycles. The molecule has 0 spiro atoms. The third kappa shape index (κ3) is 5.05. The number of benzene rings is 2. The highest BCUT2D eigenvalue weighted by atomic mass is 32.2. The lowest BCUT2D eigenvalue weighted by molar-refractivity contribution is -0.384. The molecule has 0 saturated carbocycles. The van der Waals surface area contributed by atoms with Crippen molar-refractivity contribution in [3.8, 4) is 17.2 Å². The first kappa shape index (κ1) is 25.6. The maximum atomic E-state index is 13.1. The predicted octanol–water partition coefficient (Wildman–Crippen LogP) is 3.68. The molecule has 2 aromatic rings. The van der Waals surface area contributed by atoms with Crippen molar-refractivity contribution in [1.29, 1.82) is 0 Å². The van der Waals surface area contributed by atoms with E-state index in [0.717, 1.165) is 24.5 Å². The molecule has 1 fully saturated rings. The van der Waals surface area contributed by atoms with Gasteiger partial charge in [0.1, 0.15) is 5.69 Å². The van der Waals surface area contributed by atoms with Gasteiger partial charge in [-0.25, -0.2) is 8.42 Å². The van der Waals surface area contributed by atoms with Crippen molar-refractivity contribution < 1.29 is 27.6 Å². The zero-order valence-electron chi connectivity index (χ0n) is 20.1. The lowest BCUT2D eigenvalue weighted by atomic mass is 10.0. The van der Waals surface area contributed by atoms with E-state index in [9.17, 15) is 18.5 Å². The monoisotopic (exact) mass is 493 g/mol. The molecular weight excluding hydrogens is 462 g/mol. The van der Waals surface area contributed by atoms with Crippen LogP contribution < -0.4 is 19.1 Å². The fraction of sp³-hybridized carbons (Fsp3) is 0.478. The summed E-state index contributed by atoms with van der Waals surface area (Å²) in [4.78, 5) is 12.9. The van der Waals surface area contributed by atoms with Gasteiger partial charge in [-0.3, -0.25) is 10.1 Å². The van der Waals surface area contributed by atoms with Gasteiger partial charge >= 0.3 is 0 Å². The summed E-state index contributed by atoms with van der Waals surface area (Å²) in [5.41, 5.74) is 0.719. The largest absolute Gasteiger partial charge is 0.493 e. The molecule has 1 heterocycles. The Morgan fingerprint density at radius 3 is 2.41 bits per heavy atom. The number of sulfonamides is 1. The van der Waals surface area contributed by atoms with Gasteiger partial charge in [-0.15, -0.1) is 0 Å². The highest BCUT2D eigenvalue weighted by molar-refractivity contribution is 7.89. The third-order valence-corrected chi connectivity index (χ3v) is 7.87. The molecule has 0 amide bonds. The topological polar surface area (TPSA) is 111 Å². The first-order chi connectivity index (χ1) is 16.1. The van der Waals surface area contributed by atoms with Crippen LogP contribution in [0, 0.1) is 16.0 Å². The summed E-state index contributed by atoms with van der Waals surface area (Å²) in [5, 5.41) is 11.9. The van der Waals surface area contributed by atoms with E-state index in [1.165, 1.54) is 37.8 Å². The minimum atomic E-state index is -3.82. The Morgan fingerprint density at radius 1 is 1.12 bits per heavy atom. The van der Waals surface area contributed by atoms with Crippen molar-refractivity contribution in [3.05, 3.63) is 46.0 Å². The first-order valence-corrected chi connectivity index (χ1v) is 12.4. The SMILES string of the molecule is COc1ccc(CN(C)c2ccc(S(=O)(=O)N3CCCC(C)C3)cc2[N+](=O)[O-])c(OC)c1OC. The van der Waals surface area contributed by atoms with Crippen LogP contribution in [0.25, 0.3) is 0 Å². The normalized spacial score (nSPS) is 16.7. The number of nitrogens with zero attached hydrogens (tertiary/aromatic N) is 3. The smallest absolute Gasteiger partial charge is 0.293 e. The van der Waals surface area contributed by atoms with E-state index >= 15 is 0 Å². The summed E-state index contributed by atoms with van der Waals surface area (Å²) < 4.78 is 43.9. The minimum Gasteiger partial charge on any atom is -0.493 e. The molecule has 11 heteroatoms. The molecular formula is C23H31N3O7S. The van der Waals surface area contributed by atoms with Crippen molar-refractivity contribution in [2.45, 2.75) is 31.2 Å². The van der Waals surface area contributed by atoms with E-state index < -0.39 is 14.9 Å².